The maximum atomic E-state index is 12.2. The van der Waals surface area contributed by atoms with Crippen molar-refractivity contribution in [2.45, 2.75) is 19.2 Å². The third-order valence-electron chi connectivity index (χ3n) is 3.80. The minimum atomic E-state index is -0.471. The first-order chi connectivity index (χ1) is 13.0. The Morgan fingerprint density at radius 2 is 2.04 bits per heavy atom. The molecule has 0 bridgehead atoms. The number of methoxy groups -OCH3 is 1. The molecule has 144 valence electrons. The van der Waals surface area contributed by atoms with Crippen LogP contribution < -0.4 is 15.4 Å². The second kappa shape index (κ2) is 10.5. The Hall–Kier alpha value is -2.58. The fourth-order valence-electron chi connectivity index (χ4n) is 2.47. The number of carbonyl (C=O) groups excluding carboxylic acids is 1. The van der Waals surface area contributed by atoms with Gasteiger partial charge in [-0.05, 0) is 29.8 Å². The molecule has 2 aromatic carbocycles. The second-order valence-electron chi connectivity index (χ2n) is 5.74. The molecule has 0 radical (unpaired) electrons. The highest BCUT2D eigenvalue weighted by molar-refractivity contribution is 7.99. The van der Waals surface area contributed by atoms with Crippen molar-refractivity contribution in [3.63, 3.8) is 0 Å². The van der Waals surface area contributed by atoms with E-state index in [1.807, 2.05) is 31.2 Å². The largest absolute Gasteiger partial charge is 0.490 e. The number of nitro benzene ring substituents is 1. The summed E-state index contributed by atoms with van der Waals surface area (Å²) in [7, 11) is 1.40. The first-order valence-electron chi connectivity index (χ1n) is 8.52. The zero-order chi connectivity index (χ0) is 19.6. The van der Waals surface area contributed by atoms with Crippen molar-refractivity contribution in [1.82, 2.24) is 5.32 Å². The summed E-state index contributed by atoms with van der Waals surface area (Å²) in [5, 5.41) is 17.2. The molecule has 2 aromatic rings. The van der Waals surface area contributed by atoms with Crippen molar-refractivity contribution in [2.24, 2.45) is 0 Å². The molecule has 0 heterocycles. The number of carbonyl (C=O) groups is 1. The molecule has 0 spiro atoms. The second-order valence-corrected chi connectivity index (χ2v) is 6.73. The van der Waals surface area contributed by atoms with Crippen molar-refractivity contribution in [2.75, 3.05) is 24.7 Å². The fraction of sp³-hybridized carbons (Fsp3) is 0.316. The minimum absolute atomic E-state index is 0.0718. The zero-order valence-corrected chi connectivity index (χ0v) is 16.2. The van der Waals surface area contributed by atoms with Gasteiger partial charge in [-0.2, -0.15) is 0 Å². The Bertz CT molecular complexity index is 798. The molecule has 27 heavy (non-hydrogen) atoms. The van der Waals surface area contributed by atoms with Crippen LogP contribution in [-0.4, -0.2) is 30.2 Å². The number of amides is 1. The fourth-order valence-corrected chi connectivity index (χ4v) is 3.25. The number of nitrogens with zero attached hydrogens (tertiary/aromatic N) is 1. The highest BCUT2D eigenvalue weighted by Crippen LogP contribution is 2.29. The van der Waals surface area contributed by atoms with Gasteiger partial charge in [0.2, 0.25) is 5.91 Å². The van der Waals surface area contributed by atoms with Crippen LogP contribution in [0.1, 0.15) is 18.1 Å². The van der Waals surface area contributed by atoms with Crippen molar-refractivity contribution < 1.29 is 14.5 Å². The van der Waals surface area contributed by atoms with Crippen molar-refractivity contribution in [1.29, 1.82) is 0 Å². The van der Waals surface area contributed by atoms with Gasteiger partial charge in [-0.15, -0.1) is 11.8 Å². The normalized spacial score (nSPS) is 10.4. The number of para-hydroxylation sites is 1. The van der Waals surface area contributed by atoms with Gasteiger partial charge in [0.25, 0.3) is 0 Å². The van der Waals surface area contributed by atoms with Gasteiger partial charge < -0.3 is 15.4 Å². The van der Waals surface area contributed by atoms with Gasteiger partial charge in [-0.3, -0.25) is 14.9 Å². The molecule has 0 saturated heterocycles. The van der Waals surface area contributed by atoms with Crippen LogP contribution in [0.25, 0.3) is 0 Å². The molecule has 0 aliphatic carbocycles. The smallest absolute Gasteiger partial charge is 0.311 e. The third kappa shape index (κ3) is 6.26. The Labute approximate surface area is 162 Å². The van der Waals surface area contributed by atoms with Crippen LogP contribution in [0.4, 0.5) is 11.4 Å². The number of hydrogen-bond donors (Lipinski definition) is 2. The molecule has 1 amide bonds. The standard InChI is InChI=1S/C19H23N3O4S/c1-3-20-11-15-6-4-5-7-16(15)21-19(23)13-27-12-14-8-9-18(26-2)17(10-14)22(24)25/h4-10,20H,3,11-13H2,1-2H3,(H,21,23). The maximum Gasteiger partial charge on any atom is 0.311 e. The summed E-state index contributed by atoms with van der Waals surface area (Å²) in [6.07, 6.45) is 0. The summed E-state index contributed by atoms with van der Waals surface area (Å²) < 4.78 is 4.99. The highest BCUT2D eigenvalue weighted by atomic mass is 32.2. The number of rotatable bonds is 10. The molecule has 0 aliphatic heterocycles. The van der Waals surface area contributed by atoms with E-state index >= 15 is 0 Å². The molecule has 0 unspecified atom stereocenters. The Balaban J connectivity index is 1.90. The van der Waals surface area contributed by atoms with Gasteiger partial charge in [0, 0.05) is 24.1 Å². The lowest BCUT2D eigenvalue weighted by Gasteiger charge is -2.11. The summed E-state index contributed by atoms with van der Waals surface area (Å²) in [4.78, 5) is 22.8. The van der Waals surface area contributed by atoms with Crippen LogP contribution in [0.2, 0.25) is 0 Å². The number of thioether (sulfide) groups is 1. The van der Waals surface area contributed by atoms with Crippen molar-refractivity contribution >= 4 is 29.0 Å². The van der Waals surface area contributed by atoms with E-state index in [-0.39, 0.29) is 23.1 Å². The topological polar surface area (TPSA) is 93.5 Å². The Morgan fingerprint density at radius 1 is 1.26 bits per heavy atom. The highest BCUT2D eigenvalue weighted by Gasteiger charge is 2.15. The molecule has 2 N–H and O–H groups in total. The van der Waals surface area contributed by atoms with Gasteiger partial charge in [-0.1, -0.05) is 31.2 Å². The van der Waals surface area contributed by atoms with Crippen LogP contribution in [0.3, 0.4) is 0 Å². The molecule has 2 rings (SSSR count). The van der Waals surface area contributed by atoms with Gasteiger partial charge in [0.05, 0.1) is 17.8 Å². The van der Waals surface area contributed by atoms with E-state index in [1.54, 1.807) is 12.1 Å². The van der Waals surface area contributed by atoms with Gasteiger partial charge in [0.15, 0.2) is 5.75 Å². The van der Waals surface area contributed by atoms with E-state index in [9.17, 15) is 14.9 Å². The quantitative estimate of drug-likeness (QED) is 0.476. The molecule has 0 saturated carbocycles. The van der Waals surface area contributed by atoms with Crippen LogP contribution in [0, 0.1) is 10.1 Å². The molecule has 0 fully saturated rings. The predicted octanol–water partition coefficient (Wildman–Crippen LogP) is 3.58. The molecular formula is C19H23N3O4S. The van der Waals surface area contributed by atoms with Gasteiger partial charge in [-0.25, -0.2) is 0 Å². The van der Waals surface area contributed by atoms with Crippen LogP contribution in [0.15, 0.2) is 42.5 Å². The SMILES string of the molecule is CCNCc1ccccc1NC(=O)CSCc1ccc(OC)c([N+](=O)[O-])c1. The number of ether oxygens (including phenoxy) is 1. The van der Waals surface area contributed by atoms with E-state index in [0.717, 1.165) is 23.4 Å². The zero-order valence-electron chi connectivity index (χ0n) is 15.4. The van der Waals surface area contributed by atoms with Crippen molar-refractivity contribution in [3.05, 3.63) is 63.7 Å². The van der Waals surface area contributed by atoms with E-state index < -0.39 is 4.92 Å². The van der Waals surface area contributed by atoms with E-state index in [2.05, 4.69) is 10.6 Å². The number of nitrogens with one attached hydrogen (secondary N) is 2. The first-order valence-corrected chi connectivity index (χ1v) is 9.68. The third-order valence-corrected chi connectivity index (χ3v) is 4.80. The molecular weight excluding hydrogens is 366 g/mol. The Kier molecular flexibility index (Phi) is 8.09. The van der Waals surface area contributed by atoms with E-state index in [1.165, 1.54) is 24.9 Å². The lowest BCUT2D eigenvalue weighted by molar-refractivity contribution is -0.385. The lowest BCUT2D eigenvalue weighted by Crippen LogP contribution is -2.18. The molecule has 0 atom stereocenters. The molecule has 0 aliphatic rings. The summed E-state index contributed by atoms with van der Waals surface area (Å²) in [5.74, 6) is 0.878. The first kappa shape index (κ1) is 20.7. The summed E-state index contributed by atoms with van der Waals surface area (Å²) in [5.41, 5.74) is 2.53. The van der Waals surface area contributed by atoms with E-state index in [4.69, 9.17) is 4.74 Å². The molecule has 0 aromatic heterocycles. The van der Waals surface area contributed by atoms with Gasteiger partial charge in [0.1, 0.15) is 0 Å². The number of anilines is 1. The average Bonchev–Trinajstić information content (AvgIpc) is 2.67. The van der Waals surface area contributed by atoms with Gasteiger partial charge >= 0.3 is 5.69 Å². The minimum Gasteiger partial charge on any atom is -0.490 e. The number of hydrogen-bond acceptors (Lipinski definition) is 6. The van der Waals surface area contributed by atoms with Crippen LogP contribution >= 0.6 is 11.8 Å². The number of benzene rings is 2. The summed E-state index contributed by atoms with van der Waals surface area (Å²) >= 11 is 1.40. The lowest BCUT2D eigenvalue weighted by atomic mass is 10.1. The number of nitro groups is 1. The summed E-state index contributed by atoms with van der Waals surface area (Å²) in [6.45, 7) is 3.57. The predicted molar refractivity (Wildman–Crippen MR) is 108 cm³/mol. The van der Waals surface area contributed by atoms with Crippen molar-refractivity contribution in [3.8, 4) is 5.75 Å². The molecule has 8 heteroatoms. The summed E-state index contributed by atoms with van der Waals surface area (Å²) in [6, 6.07) is 12.5. The Morgan fingerprint density at radius 3 is 2.74 bits per heavy atom. The average molecular weight is 389 g/mol. The van der Waals surface area contributed by atoms with Crippen LogP contribution in [0.5, 0.6) is 5.75 Å². The van der Waals surface area contributed by atoms with E-state index in [0.29, 0.717) is 12.3 Å². The maximum absolute atomic E-state index is 12.2. The monoisotopic (exact) mass is 389 g/mol. The van der Waals surface area contributed by atoms with Crippen LogP contribution in [-0.2, 0) is 17.1 Å². The molecule has 7 nitrogen and oxygen atoms in total.